The zero-order valence-electron chi connectivity index (χ0n) is 8.32. The normalized spacial score (nSPS) is 24.9. The third kappa shape index (κ3) is 3.79. The first-order valence-corrected chi connectivity index (χ1v) is 6.79. The molecule has 0 aromatic rings. The smallest absolute Gasteiger partial charge is 0.257 e. The summed E-state index contributed by atoms with van der Waals surface area (Å²) < 4.78 is 27.4. The Morgan fingerprint density at radius 2 is 2.21 bits per heavy atom. The third-order valence-corrected chi connectivity index (χ3v) is 3.88. The van der Waals surface area contributed by atoms with Gasteiger partial charge in [0.15, 0.2) is 9.84 Å². The molecule has 1 atom stereocenters. The maximum Gasteiger partial charge on any atom is 0.257 e. The van der Waals surface area contributed by atoms with Gasteiger partial charge in [-0.25, -0.2) is 8.42 Å². The first-order valence-electron chi connectivity index (χ1n) is 4.56. The largest absolute Gasteiger partial charge is 0.468 e. The van der Waals surface area contributed by atoms with E-state index in [-0.39, 0.29) is 23.7 Å². The van der Waals surface area contributed by atoms with Crippen LogP contribution in [0.2, 0.25) is 0 Å². The van der Waals surface area contributed by atoms with Gasteiger partial charge in [0.05, 0.1) is 17.6 Å². The number of rotatable bonds is 2. The van der Waals surface area contributed by atoms with E-state index in [4.69, 9.17) is 17.0 Å². The summed E-state index contributed by atoms with van der Waals surface area (Å²) in [5, 5.41) is 3.19. The molecule has 6 heteroatoms. The molecule has 82 valence electrons. The Bertz CT molecular complexity index is 311. The lowest BCUT2D eigenvalue weighted by molar-refractivity contribution is 0.222. The average molecular weight is 237 g/mol. The van der Waals surface area contributed by atoms with Gasteiger partial charge in [0.2, 0.25) is 0 Å². The van der Waals surface area contributed by atoms with E-state index >= 15 is 0 Å². The van der Waals surface area contributed by atoms with Crippen molar-refractivity contribution in [1.29, 1.82) is 0 Å². The zero-order chi connectivity index (χ0) is 10.8. The Hall–Kier alpha value is -0.360. The number of sulfone groups is 1. The summed E-state index contributed by atoms with van der Waals surface area (Å²) in [6.07, 6.45) is 0.636. The molecule has 1 saturated heterocycles. The van der Waals surface area contributed by atoms with Crippen LogP contribution in [0.25, 0.3) is 0 Å². The fourth-order valence-electron chi connectivity index (χ4n) is 1.32. The van der Waals surface area contributed by atoms with Crippen molar-refractivity contribution in [2.45, 2.75) is 32.4 Å². The molecule has 4 nitrogen and oxygen atoms in total. The number of hydrogen-bond acceptors (Lipinski definition) is 4. The van der Waals surface area contributed by atoms with Gasteiger partial charge < -0.3 is 10.1 Å². The SMILES string of the molecule is CC(C)OC(=S)NC1CCS(=O)(=O)C1. The Labute approximate surface area is 89.9 Å². The van der Waals surface area contributed by atoms with E-state index in [2.05, 4.69) is 5.32 Å². The summed E-state index contributed by atoms with van der Waals surface area (Å²) in [6, 6.07) is -0.0775. The van der Waals surface area contributed by atoms with E-state index in [1.54, 1.807) is 0 Å². The first-order chi connectivity index (χ1) is 6.39. The second-order valence-corrected chi connectivity index (χ2v) is 6.30. The van der Waals surface area contributed by atoms with E-state index in [9.17, 15) is 8.42 Å². The van der Waals surface area contributed by atoms with Gasteiger partial charge in [0, 0.05) is 6.04 Å². The minimum absolute atomic E-state index is 0.0213. The predicted molar refractivity (Wildman–Crippen MR) is 59.0 cm³/mol. The molecule has 0 spiro atoms. The molecule has 0 aromatic heterocycles. The van der Waals surface area contributed by atoms with Crippen molar-refractivity contribution in [3.8, 4) is 0 Å². The molecule has 0 saturated carbocycles. The van der Waals surface area contributed by atoms with Crippen LogP contribution in [0.3, 0.4) is 0 Å². The molecule has 14 heavy (non-hydrogen) atoms. The first kappa shape index (κ1) is 11.7. The van der Waals surface area contributed by atoms with Crippen molar-refractivity contribution in [2.24, 2.45) is 0 Å². The topological polar surface area (TPSA) is 55.4 Å². The zero-order valence-corrected chi connectivity index (χ0v) is 9.95. The summed E-state index contributed by atoms with van der Waals surface area (Å²) >= 11 is 4.91. The molecule has 1 N–H and O–H groups in total. The Balaban J connectivity index is 2.36. The molecule has 0 radical (unpaired) electrons. The molecular formula is C8H15NO3S2. The molecular weight excluding hydrogens is 222 g/mol. The summed E-state index contributed by atoms with van der Waals surface area (Å²) in [5.41, 5.74) is 0. The quantitative estimate of drug-likeness (QED) is 0.708. The Morgan fingerprint density at radius 1 is 1.57 bits per heavy atom. The van der Waals surface area contributed by atoms with Crippen molar-refractivity contribution in [1.82, 2.24) is 5.32 Å². The summed E-state index contributed by atoms with van der Waals surface area (Å²) in [7, 11) is -2.85. The molecule has 1 rings (SSSR count). The van der Waals surface area contributed by atoms with Crippen molar-refractivity contribution in [2.75, 3.05) is 11.5 Å². The molecule has 1 aliphatic heterocycles. The highest BCUT2D eigenvalue weighted by molar-refractivity contribution is 7.91. The van der Waals surface area contributed by atoms with Crippen LogP contribution in [0, 0.1) is 0 Å². The van der Waals surface area contributed by atoms with Crippen LogP contribution >= 0.6 is 12.2 Å². The van der Waals surface area contributed by atoms with E-state index in [1.165, 1.54) is 0 Å². The van der Waals surface area contributed by atoms with Crippen LogP contribution in [0.4, 0.5) is 0 Å². The molecule has 0 aromatic carbocycles. The molecule has 0 amide bonds. The number of hydrogen-bond donors (Lipinski definition) is 1. The minimum atomic E-state index is -2.85. The Morgan fingerprint density at radius 3 is 2.64 bits per heavy atom. The summed E-state index contributed by atoms with van der Waals surface area (Å²) in [5.74, 6) is 0.406. The molecule has 1 heterocycles. The fraction of sp³-hybridized carbons (Fsp3) is 0.875. The van der Waals surface area contributed by atoms with Gasteiger partial charge in [0.1, 0.15) is 0 Å². The van der Waals surface area contributed by atoms with Gasteiger partial charge in [-0.15, -0.1) is 0 Å². The molecule has 0 bridgehead atoms. The monoisotopic (exact) mass is 237 g/mol. The Kier molecular flexibility index (Phi) is 3.71. The standard InChI is InChI=1S/C8H15NO3S2/c1-6(2)12-8(13)9-7-3-4-14(10,11)5-7/h6-7H,3-5H2,1-2H3,(H,9,13). The van der Waals surface area contributed by atoms with E-state index in [0.29, 0.717) is 11.6 Å². The fourth-order valence-corrected chi connectivity index (χ4v) is 3.36. The summed E-state index contributed by atoms with van der Waals surface area (Å²) in [4.78, 5) is 0. The van der Waals surface area contributed by atoms with Gasteiger partial charge in [-0.3, -0.25) is 0 Å². The lowest BCUT2D eigenvalue weighted by Gasteiger charge is -2.15. The molecule has 1 aliphatic rings. The van der Waals surface area contributed by atoms with Gasteiger partial charge in [-0.2, -0.15) is 0 Å². The second-order valence-electron chi connectivity index (χ2n) is 3.70. The van der Waals surface area contributed by atoms with Gasteiger partial charge in [-0.1, -0.05) is 0 Å². The van der Waals surface area contributed by atoms with Crippen LogP contribution in [-0.4, -0.2) is 37.2 Å². The number of ether oxygens (including phenoxy) is 1. The number of thiocarbonyl (C=S) groups is 1. The maximum atomic E-state index is 11.1. The molecule has 1 fully saturated rings. The van der Waals surface area contributed by atoms with Crippen LogP contribution in [-0.2, 0) is 14.6 Å². The third-order valence-electron chi connectivity index (χ3n) is 1.90. The molecule has 0 aliphatic carbocycles. The predicted octanol–water partition coefficient (Wildman–Crippen LogP) is 0.473. The highest BCUT2D eigenvalue weighted by Gasteiger charge is 2.28. The minimum Gasteiger partial charge on any atom is -0.468 e. The van der Waals surface area contributed by atoms with E-state index in [0.717, 1.165) is 0 Å². The maximum absolute atomic E-state index is 11.1. The second kappa shape index (κ2) is 4.44. The van der Waals surface area contributed by atoms with Crippen molar-refractivity contribution < 1.29 is 13.2 Å². The van der Waals surface area contributed by atoms with Gasteiger partial charge in [0.25, 0.3) is 5.17 Å². The summed E-state index contributed by atoms with van der Waals surface area (Å²) in [6.45, 7) is 3.75. The lowest BCUT2D eigenvalue weighted by atomic mass is 10.3. The highest BCUT2D eigenvalue weighted by atomic mass is 32.2. The van der Waals surface area contributed by atoms with Crippen LogP contribution in [0.15, 0.2) is 0 Å². The van der Waals surface area contributed by atoms with Crippen molar-refractivity contribution in [3.63, 3.8) is 0 Å². The average Bonchev–Trinajstić information content (AvgIpc) is 2.27. The van der Waals surface area contributed by atoms with Crippen LogP contribution in [0.1, 0.15) is 20.3 Å². The van der Waals surface area contributed by atoms with E-state index in [1.807, 2.05) is 13.8 Å². The van der Waals surface area contributed by atoms with Gasteiger partial charge >= 0.3 is 0 Å². The van der Waals surface area contributed by atoms with Crippen LogP contribution in [0.5, 0.6) is 0 Å². The van der Waals surface area contributed by atoms with Crippen LogP contribution < -0.4 is 5.32 Å². The lowest BCUT2D eigenvalue weighted by Crippen LogP contribution is -2.36. The molecule has 1 unspecified atom stereocenters. The van der Waals surface area contributed by atoms with E-state index < -0.39 is 9.84 Å². The van der Waals surface area contributed by atoms with Crippen molar-refractivity contribution >= 4 is 27.2 Å². The van der Waals surface area contributed by atoms with Crippen molar-refractivity contribution in [3.05, 3.63) is 0 Å². The highest BCUT2D eigenvalue weighted by Crippen LogP contribution is 2.11. The number of nitrogens with one attached hydrogen (secondary N) is 1. The van der Waals surface area contributed by atoms with Gasteiger partial charge in [-0.05, 0) is 32.5 Å².